The SMILES string of the molecule is COc1c(C(F)(F)F)cc(C(C)=O)cc1C(F)(F)F. The van der Waals surface area contributed by atoms with Gasteiger partial charge in [-0.05, 0) is 19.1 Å². The third-order valence-corrected chi connectivity index (χ3v) is 2.31. The molecule has 106 valence electrons. The zero-order chi connectivity index (χ0) is 15.0. The molecule has 0 saturated carbocycles. The second kappa shape index (κ2) is 4.75. The minimum atomic E-state index is -5.06. The van der Waals surface area contributed by atoms with Crippen molar-refractivity contribution in [3.05, 3.63) is 28.8 Å². The van der Waals surface area contributed by atoms with Crippen molar-refractivity contribution in [2.24, 2.45) is 0 Å². The molecule has 0 unspecified atom stereocenters. The van der Waals surface area contributed by atoms with Gasteiger partial charge in [0.15, 0.2) is 5.78 Å². The fourth-order valence-corrected chi connectivity index (χ4v) is 1.47. The van der Waals surface area contributed by atoms with Crippen LogP contribution in [0.1, 0.15) is 28.4 Å². The van der Waals surface area contributed by atoms with Gasteiger partial charge in [0.05, 0.1) is 18.2 Å². The Hall–Kier alpha value is -1.73. The molecule has 0 aliphatic heterocycles. The van der Waals surface area contributed by atoms with Gasteiger partial charge in [-0.3, -0.25) is 4.79 Å². The predicted octanol–water partition coefficient (Wildman–Crippen LogP) is 3.94. The van der Waals surface area contributed by atoms with Crippen LogP contribution in [0.3, 0.4) is 0 Å². The van der Waals surface area contributed by atoms with E-state index in [9.17, 15) is 31.1 Å². The van der Waals surface area contributed by atoms with Crippen LogP contribution < -0.4 is 4.74 Å². The number of Topliss-reactive ketones (excluding diaryl/α,β-unsaturated/α-hetero) is 1. The minimum absolute atomic E-state index is 0.344. The molecule has 0 atom stereocenters. The van der Waals surface area contributed by atoms with Gasteiger partial charge in [-0.1, -0.05) is 0 Å². The normalized spacial score (nSPS) is 12.4. The Morgan fingerprint density at radius 2 is 1.37 bits per heavy atom. The van der Waals surface area contributed by atoms with E-state index in [0.717, 1.165) is 6.92 Å². The molecule has 0 aliphatic carbocycles. The molecule has 19 heavy (non-hydrogen) atoms. The van der Waals surface area contributed by atoms with Crippen molar-refractivity contribution in [1.29, 1.82) is 0 Å². The van der Waals surface area contributed by atoms with Gasteiger partial charge in [0.1, 0.15) is 5.75 Å². The fraction of sp³-hybridized carbons (Fsp3) is 0.364. The number of carbonyl (C=O) groups excluding carboxylic acids is 1. The molecular formula is C11H8F6O2. The van der Waals surface area contributed by atoms with Gasteiger partial charge in [0, 0.05) is 5.56 Å². The highest BCUT2D eigenvalue weighted by Crippen LogP contribution is 2.44. The molecule has 8 heteroatoms. The van der Waals surface area contributed by atoms with E-state index in [1.54, 1.807) is 0 Å². The number of ether oxygens (including phenoxy) is 1. The van der Waals surface area contributed by atoms with E-state index in [-0.39, 0.29) is 0 Å². The molecule has 0 fully saturated rings. The van der Waals surface area contributed by atoms with Crippen LogP contribution in [0, 0.1) is 0 Å². The number of ketones is 1. The predicted molar refractivity (Wildman–Crippen MR) is 53.0 cm³/mol. The number of alkyl halides is 6. The number of carbonyl (C=O) groups is 1. The highest BCUT2D eigenvalue weighted by atomic mass is 19.4. The van der Waals surface area contributed by atoms with E-state index in [0.29, 0.717) is 19.2 Å². The van der Waals surface area contributed by atoms with Crippen LogP contribution in [0.15, 0.2) is 12.1 Å². The monoisotopic (exact) mass is 286 g/mol. The van der Waals surface area contributed by atoms with Gasteiger partial charge >= 0.3 is 12.4 Å². The Morgan fingerprint density at radius 3 is 1.58 bits per heavy atom. The summed E-state index contributed by atoms with van der Waals surface area (Å²) in [5, 5.41) is 0. The van der Waals surface area contributed by atoms with Crippen LogP contribution in [-0.2, 0) is 12.4 Å². The number of halogens is 6. The smallest absolute Gasteiger partial charge is 0.420 e. The van der Waals surface area contributed by atoms with Crippen molar-refractivity contribution in [2.45, 2.75) is 19.3 Å². The standard InChI is InChI=1S/C11H8F6O2/c1-5(18)6-3-7(10(12,13)14)9(19-2)8(4-6)11(15,16)17/h3-4H,1-2H3. The summed E-state index contributed by atoms with van der Waals surface area (Å²) in [6.07, 6.45) is -10.1. The van der Waals surface area contributed by atoms with Crippen molar-refractivity contribution < 1.29 is 35.9 Å². The zero-order valence-corrected chi connectivity index (χ0v) is 9.74. The van der Waals surface area contributed by atoms with E-state index in [1.165, 1.54) is 0 Å². The van der Waals surface area contributed by atoms with Crippen molar-refractivity contribution in [3.8, 4) is 5.75 Å². The van der Waals surface area contributed by atoms with Gasteiger partial charge in [-0.2, -0.15) is 26.3 Å². The number of hydrogen-bond acceptors (Lipinski definition) is 2. The van der Waals surface area contributed by atoms with Crippen LogP contribution in [0.4, 0.5) is 26.3 Å². The molecule has 1 aromatic carbocycles. The largest absolute Gasteiger partial charge is 0.495 e. The third kappa shape index (κ3) is 3.18. The van der Waals surface area contributed by atoms with Gasteiger partial charge in [0.2, 0.25) is 0 Å². The number of rotatable bonds is 2. The molecule has 0 bridgehead atoms. The third-order valence-electron chi connectivity index (χ3n) is 2.31. The van der Waals surface area contributed by atoms with Crippen LogP contribution in [0.5, 0.6) is 5.75 Å². The van der Waals surface area contributed by atoms with Crippen molar-refractivity contribution in [3.63, 3.8) is 0 Å². The summed E-state index contributed by atoms with van der Waals surface area (Å²) in [4.78, 5) is 11.0. The molecule has 0 amide bonds. The molecule has 0 aromatic heterocycles. The lowest BCUT2D eigenvalue weighted by atomic mass is 10.0. The molecule has 0 heterocycles. The summed E-state index contributed by atoms with van der Waals surface area (Å²) in [7, 11) is 0.702. The summed E-state index contributed by atoms with van der Waals surface area (Å²) in [6.45, 7) is 0.877. The minimum Gasteiger partial charge on any atom is -0.495 e. The number of benzene rings is 1. The van der Waals surface area contributed by atoms with E-state index >= 15 is 0 Å². The van der Waals surface area contributed by atoms with Crippen molar-refractivity contribution in [2.75, 3.05) is 7.11 Å². The Kier molecular flexibility index (Phi) is 3.83. The van der Waals surface area contributed by atoms with Gasteiger partial charge in [-0.15, -0.1) is 0 Å². The molecule has 0 spiro atoms. The Balaban J connectivity index is 3.72. The van der Waals surface area contributed by atoms with Gasteiger partial charge in [0.25, 0.3) is 0 Å². The maximum atomic E-state index is 12.7. The molecule has 1 aromatic rings. The first-order chi connectivity index (χ1) is 8.48. The van der Waals surface area contributed by atoms with Crippen LogP contribution in [0.2, 0.25) is 0 Å². The zero-order valence-electron chi connectivity index (χ0n) is 9.74. The molecule has 1 rings (SSSR count). The molecule has 0 N–H and O–H groups in total. The van der Waals surface area contributed by atoms with Crippen LogP contribution >= 0.6 is 0 Å². The topological polar surface area (TPSA) is 26.3 Å². The Bertz CT molecular complexity index is 466. The van der Waals surface area contributed by atoms with Gasteiger partial charge < -0.3 is 4.74 Å². The Morgan fingerprint density at radius 1 is 1.00 bits per heavy atom. The molecule has 2 nitrogen and oxygen atoms in total. The first kappa shape index (κ1) is 15.3. The van der Waals surface area contributed by atoms with Gasteiger partial charge in [-0.25, -0.2) is 0 Å². The summed E-state index contributed by atoms with van der Waals surface area (Å²) >= 11 is 0. The molecule has 0 radical (unpaired) electrons. The maximum Gasteiger partial charge on any atom is 0.420 e. The van der Waals surface area contributed by atoms with E-state index in [1.807, 2.05) is 0 Å². The lowest BCUT2D eigenvalue weighted by Gasteiger charge is -2.18. The van der Waals surface area contributed by atoms with Crippen molar-refractivity contribution >= 4 is 5.78 Å². The first-order valence-corrected chi connectivity index (χ1v) is 4.86. The van der Waals surface area contributed by atoms with E-state index in [4.69, 9.17) is 0 Å². The van der Waals surface area contributed by atoms with Crippen LogP contribution in [-0.4, -0.2) is 12.9 Å². The summed E-state index contributed by atoms with van der Waals surface area (Å²) in [5.41, 5.74) is -3.94. The summed E-state index contributed by atoms with van der Waals surface area (Å²) < 4.78 is 80.3. The maximum absolute atomic E-state index is 12.7. The molecular weight excluding hydrogens is 278 g/mol. The number of methoxy groups -OCH3 is 1. The quantitative estimate of drug-likeness (QED) is 0.608. The average molecular weight is 286 g/mol. The molecule has 0 saturated heterocycles. The van der Waals surface area contributed by atoms with Crippen molar-refractivity contribution in [1.82, 2.24) is 0 Å². The second-order valence-corrected chi connectivity index (χ2v) is 3.66. The fourth-order valence-electron chi connectivity index (χ4n) is 1.47. The van der Waals surface area contributed by atoms with E-state index < -0.39 is 40.6 Å². The van der Waals surface area contributed by atoms with Crippen LogP contribution in [0.25, 0.3) is 0 Å². The summed E-state index contributed by atoms with van der Waals surface area (Å²) in [6, 6.07) is 0.687. The Labute approximate surface area is 104 Å². The highest BCUT2D eigenvalue weighted by molar-refractivity contribution is 5.94. The lowest BCUT2D eigenvalue weighted by molar-refractivity contribution is -0.145. The lowest BCUT2D eigenvalue weighted by Crippen LogP contribution is -2.16. The van der Waals surface area contributed by atoms with E-state index in [2.05, 4.69) is 4.74 Å². The average Bonchev–Trinajstić information content (AvgIpc) is 2.24. The first-order valence-electron chi connectivity index (χ1n) is 4.86. The molecule has 0 aliphatic rings. The second-order valence-electron chi connectivity index (χ2n) is 3.66. The summed E-state index contributed by atoms with van der Waals surface area (Å²) in [5.74, 6) is -2.25. The highest BCUT2D eigenvalue weighted by Gasteiger charge is 2.42. The number of hydrogen-bond donors (Lipinski definition) is 0.